The highest BCUT2D eigenvalue weighted by Crippen LogP contribution is 2.80. The van der Waals surface area contributed by atoms with Crippen LogP contribution in [0.1, 0.15) is 67.2 Å². The Morgan fingerprint density at radius 2 is 1.86 bits per heavy atom. The van der Waals surface area contributed by atoms with Crippen molar-refractivity contribution in [3.63, 3.8) is 0 Å². The van der Waals surface area contributed by atoms with E-state index >= 15 is 0 Å². The second kappa shape index (κ2) is 8.68. The first-order valence-corrected chi connectivity index (χ1v) is 15.4. The summed E-state index contributed by atoms with van der Waals surface area (Å²) in [7, 11) is 0. The van der Waals surface area contributed by atoms with Crippen LogP contribution >= 0.6 is 0 Å². The van der Waals surface area contributed by atoms with Gasteiger partial charge in [-0.1, -0.05) is 42.9 Å². The highest BCUT2D eigenvalue weighted by atomic mass is 16.6. The van der Waals surface area contributed by atoms with Crippen molar-refractivity contribution in [1.29, 1.82) is 0 Å². The highest BCUT2D eigenvalue weighted by Gasteiger charge is 2.84. The molecule has 0 aromatic carbocycles. The van der Waals surface area contributed by atoms with Crippen molar-refractivity contribution in [1.82, 2.24) is 0 Å². The molecule has 5 aliphatic carbocycles. The van der Waals surface area contributed by atoms with Gasteiger partial charge in [-0.2, -0.15) is 0 Å². The molecule has 2 heterocycles. The van der Waals surface area contributed by atoms with Crippen molar-refractivity contribution in [2.75, 3.05) is 0 Å². The third-order valence-corrected chi connectivity index (χ3v) is 12.7. The largest absolute Gasteiger partial charge is 0.460 e. The first-order valence-electron chi connectivity index (χ1n) is 15.4. The molecule has 228 valence electrons. The minimum Gasteiger partial charge on any atom is -0.460 e. The fraction of sp³-hybridized carbons (Fsp3) is 0.600. The van der Waals surface area contributed by atoms with Crippen molar-refractivity contribution >= 4 is 23.7 Å². The van der Waals surface area contributed by atoms with Gasteiger partial charge in [0, 0.05) is 51.7 Å². The van der Waals surface area contributed by atoms with E-state index in [1.54, 1.807) is 26.0 Å². The second-order valence-electron chi connectivity index (χ2n) is 14.5. The van der Waals surface area contributed by atoms with Crippen molar-refractivity contribution in [3.05, 3.63) is 58.7 Å². The van der Waals surface area contributed by atoms with Gasteiger partial charge in [0.1, 0.15) is 18.3 Å². The predicted octanol–water partition coefficient (Wildman–Crippen LogP) is 4.48. The summed E-state index contributed by atoms with van der Waals surface area (Å²) in [6.07, 6.45) is 6.82. The van der Waals surface area contributed by atoms with E-state index in [0.717, 1.165) is 11.1 Å². The normalized spacial score (nSPS) is 47.9. The molecule has 7 rings (SSSR count). The number of aliphatic hydroxyl groups is 1. The summed E-state index contributed by atoms with van der Waals surface area (Å²) in [5.74, 6) is -3.18. The van der Waals surface area contributed by atoms with Crippen LogP contribution in [-0.4, -0.2) is 52.7 Å². The summed E-state index contributed by atoms with van der Waals surface area (Å²) in [4.78, 5) is 54.2. The molecule has 8 nitrogen and oxygen atoms in total. The topological polar surface area (TPSA) is 116 Å². The van der Waals surface area contributed by atoms with Crippen molar-refractivity contribution < 1.29 is 38.5 Å². The quantitative estimate of drug-likeness (QED) is 0.217. The third kappa shape index (κ3) is 3.20. The molecular weight excluding hydrogens is 548 g/mol. The van der Waals surface area contributed by atoms with Gasteiger partial charge in [0.05, 0.1) is 16.9 Å². The molecule has 43 heavy (non-hydrogen) atoms. The highest BCUT2D eigenvalue weighted by molar-refractivity contribution is 6.09. The van der Waals surface area contributed by atoms with Crippen LogP contribution in [0.2, 0.25) is 0 Å². The Kier molecular flexibility index (Phi) is 5.75. The summed E-state index contributed by atoms with van der Waals surface area (Å²) < 4.78 is 18.8. The van der Waals surface area contributed by atoms with Crippen molar-refractivity contribution in [2.24, 2.45) is 39.9 Å². The molecule has 0 unspecified atom stereocenters. The molecule has 8 heteroatoms. The van der Waals surface area contributed by atoms with Gasteiger partial charge >= 0.3 is 17.9 Å². The van der Waals surface area contributed by atoms with Gasteiger partial charge in [-0.25, -0.2) is 9.59 Å². The van der Waals surface area contributed by atoms with E-state index in [1.807, 2.05) is 39.8 Å². The molecular formula is C35H40O8. The number of hydrogen-bond donors (Lipinski definition) is 1. The minimum atomic E-state index is -1.22. The summed E-state index contributed by atoms with van der Waals surface area (Å²) >= 11 is 0. The van der Waals surface area contributed by atoms with Crippen LogP contribution in [-0.2, 0) is 33.4 Å². The maximum absolute atomic E-state index is 14.7. The zero-order valence-electron chi connectivity index (χ0n) is 25.7. The SMILES string of the molecule is C=C1C(=O)O[C@H]2[C@H]1CC[C@@](C)(O)[C@]13C=C[C@@](C)([C@H]21)[C@@]1(C3)C(=O)O[C@@H]2[C@H]3C(C)=CC(=O)C3=C(C)C[C@H](OC(=O)/C(C)=C/C)[C@H]21. The lowest BCUT2D eigenvalue weighted by molar-refractivity contribution is -0.159. The number of esters is 3. The Bertz CT molecular complexity index is 1540. The zero-order valence-corrected chi connectivity index (χ0v) is 25.7. The fourth-order valence-electron chi connectivity index (χ4n) is 10.5. The number of hydrogen-bond acceptors (Lipinski definition) is 8. The number of rotatable bonds is 2. The zero-order chi connectivity index (χ0) is 31.0. The van der Waals surface area contributed by atoms with Gasteiger partial charge in [0.2, 0.25) is 0 Å². The average Bonchev–Trinajstić information content (AvgIpc) is 3.62. The van der Waals surface area contributed by atoms with Crippen LogP contribution in [0.25, 0.3) is 0 Å². The van der Waals surface area contributed by atoms with Gasteiger partial charge in [-0.3, -0.25) is 9.59 Å². The molecule has 2 saturated heterocycles. The average molecular weight is 589 g/mol. The Hall–Kier alpha value is -3.26. The van der Waals surface area contributed by atoms with E-state index in [-0.39, 0.29) is 24.5 Å². The van der Waals surface area contributed by atoms with E-state index in [0.29, 0.717) is 29.6 Å². The van der Waals surface area contributed by atoms with E-state index in [2.05, 4.69) is 6.58 Å². The summed E-state index contributed by atoms with van der Waals surface area (Å²) in [6.45, 7) is 15.1. The Morgan fingerprint density at radius 1 is 1.14 bits per heavy atom. The Labute approximate surface area is 251 Å². The number of ether oxygens (including phenoxy) is 3. The van der Waals surface area contributed by atoms with Gasteiger partial charge < -0.3 is 19.3 Å². The molecule has 0 aromatic heterocycles. The number of carbonyl (C=O) groups is 4. The number of fused-ring (bicyclic) bond motifs is 6. The van der Waals surface area contributed by atoms with Crippen molar-refractivity contribution in [3.8, 4) is 0 Å². The van der Waals surface area contributed by atoms with Crippen LogP contribution in [0, 0.1) is 39.9 Å². The van der Waals surface area contributed by atoms with Gasteiger partial charge in [-0.05, 0) is 60.0 Å². The standard InChI is InChI=1S/C35H40O8/c1-8-16(2)29(37)41-22-14-18(4)23-21(36)13-17(3)24(23)27-25(22)35(31(39)43-27)15-34-12-11-32(35,6)28(34)26-20(9-10-33(34,7)40)19(5)30(38)42-26/h8,11-13,20,22,24-28,40H,5,9-10,14-15H2,1-4,6-7H3/b16-8+/t20-,22-,24-,25+,26-,27+,28-,32-,33+,34-,35+/m0/s1. The molecule has 0 amide bonds. The van der Waals surface area contributed by atoms with Crippen molar-refractivity contribution in [2.45, 2.75) is 91.1 Å². The summed E-state index contributed by atoms with van der Waals surface area (Å²) in [6, 6.07) is 0. The second-order valence-corrected chi connectivity index (χ2v) is 14.5. The maximum atomic E-state index is 14.7. The Morgan fingerprint density at radius 3 is 2.56 bits per heavy atom. The molecule has 2 aliphatic heterocycles. The lowest BCUT2D eigenvalue weighted by Crippen LogP contribution is -2.53. The molecule has 0 aromatic rings. The van der Waals surface area contributed by atoms with Crippen LogP contribution < -0.4 is 0 Å². The van der Waals surface area contributed by atoms with Crippen LogP contribution in [0.4, 0.5) is 0 Å². The van der Waals surface area contributed by atoms with Crippen LogP contribution in [0.15, 0.2) is 58.7 Å². The number of carbonyl (C=O) groups excluding carboxylic acids is 4. The molecule has 0 radical (unpaired) electrons. The fourth-order valence-corrected chi connectivity index (χ4v) is 10.5. The maximum Gasteiger partial charge on any atom is 0.334 e. The molecule has 11 atom stereocenters. The summed E-state index contributed by atoms with van der Waals surface area (Å²) in [5, 5.41) is 12.3. The van der Waals surface area contributed by atoms with Gasteiger partial charge in [0.15, 0.2) is 5.78 Å². The van der Waals surface area contributed by atoms with Crippen LogP contribution in [0.3, 0.4) is 0 Å². The molecule has 2 bridgehead atoms. The smallest absolute Gasteiger partial charge is 0.334 e. The molecule has 4 fully saturated rings. The number of ketones is 1. The lowest BCUT2D eigenvalue weighted by atomic mass is 9.54. The lowest BCUT2D eigenvalue weighted by Gasteiger charge is -2.46. The first kappa shape index (κ1) is 28.5. The van der Waals surface area contributed by atoms with E-state index in [9.17, 15) is 24.3 Å². The molecule has 2 saturated carbocycles. The molecule has 1 spiro atoms. The first-order chi connectivity index (χ1) is 20.1. The van der Waals surface area contributed by atoms with E-state index in [1.165, 1.54) is 0 Å². The van der Waals surface area contributed by atoms with Crippen LogP contribution in [0.5, 0.6) is 0 Å². The molecule has 1 N–H and O–H groups in total. The van der Waals surface area contributed by atoms with E-state index in [4.69, 9.17) is 14.2 Å². The Balaban J connectivity index is 1.44. The summed E-state index contributed by atoms with van der Waals surface area (Å²) in [5.41, 5.74) is -1.13. The van der Waals surface area contributed by atoms with E-state index < -0.39 is 75.8 Å². The third-order valence-electron chi connectivity index (χ3n) is 12.7. The minimum absolute atomic E-state index is 0.0997. The number of allylic oxidation sites excluding steroid dienone is 3. The monoisotopic (exact) mass is 588 g/mol. The van der Waals surface area contributed by atoms with Gasteiger partial charge in [-0.15, -0.1) is 0 Å². The predicted molar refractivity (Wildman–Crippen MR) is 155 cm³/mol. The molecule has 7 aliphatic rings. The van der Waals surface area contributed by atoms with Gasteiger partial charge in [0.25, 0.3) is 0 Å².